The van der Waals surface area contributed by atoms with E-state index in [4.69, 9.17) is 16.3 Å². The van der Waals surface area contributed by atoms with Crippen LogP contribution in [0.4, 0.5) is 19.8 Å². The zero-order valence-corrected chi connectivity index (χ0v) is 24.6. The molecule has 1 aliphatic rings. The number of aromatic nitrogens is 1. The van der Waals surface area contributed by atoms with Crippen molar-refractivity contribution < 1.29 is 28.6 Å². The van der Waals surface area contributed by atoms with Crippen molar-refractivity contribution in [1.82, 2.24) is 25.4 Å². The van der Waals surface area contributed by atoms with Crippen LogP contribution in [0.3, 0.4) is 0 Å². The Balaban J connectivity index is 1.18. The summed E-state index contributed by atoms with van der Waals surface area (Å²) in [7, 11) is 1.62. The van der Waals surface area contributed by atoms with Gasteiger partial charge in [-0.15, -0.1) is 0 Å². The molecule has 2 aromatic carbocycles. The van der Waals surface area contributed by atoms with Crippen LogP contribution in [0.15, 0.2) is 54.7 Å². The van der Waals surface area contributed by atoms with Crippen LogP contribution in [0, 0.1) is 5.82 Å². The first-order valence-corrected chi connectivity index (χ1v) is 14.5. The Morgan fingerprint density at radius 2 is 1.98 bits per heavy atom. The minimum atomic E-state index is -0.613. The Morgan fingerprint density at radius 3 is 2.77 bits per heavy atom. The molecule has 4 N–H and O–H groups in total. The third-order valence-electron chi connectivity index (χ3n) is 7.32. The maximum Gasteiger partial charge on any atom is 0.412 e. The molecule has 1 unspecified atom stereocenters. The number of unbranched alkanes of at least 4 members (excludes halogenated alkanes) is 1. The number of carbonyl (C=O) groups is 3. The van der Waals surface area contributed by atoms with Crippen molar-refractivity contribution >= 4 is 46.1 Å². The molecule has 4 rings (SSSR count). The lowest BCUT2D eigenvalue weighted by molar-refractivity contribution is -0.126. The van der Waals surface area contributed by atoms with E-state index >= 15 is 0 Å². The average molecular weight is 615 g/mol. The molecule has 13 heteroatoms. The number of carbonyl (C=O) groups excluding carboxylic acids is 3. The SMILES string of the molecule is CN(C(=O)NCc1cccc(F)c1Cl)[C@H]1CN(CCO)C(C(=O)CCCCOC(=O)Nc2cc3ccccc3cn2)CN1. The Hall–Kier alpha value is -3.84. The topological polar surface area (TPSA) is 136 Å². The molecule has 0 spiro atoms. The molecular weight excluding hydrogens is 579 g/mol. The molecule has 1 aromatic heterocycles. The summed E-state index contributed by atoms with van der Waals surface area (Å²) >= 11 is 5.98. The van der Waals surface area contributed by atoms with Crippen molar-refractivity contribution in [2.24, 2.45) is 0 Å². The van der Waals surface area contributed by atoms with Crippen LogP contribution in [0.5, 0.6) is 0 Å². The standard InChI is InChI=1S/C30H36ClFN6O5/c1-37(29(41)35-17-22-9-6-10-23(32)28(22)31)27-19-38(12-13-39)24(18-34-27)25(40)11-4-5-14-43-30(42)36-26-15-20-7-2-3-8-21(20)16-33-26/h2-3,6-10,15-16,24,27,34,39H,4-5,11-14,17-19H2,1H3,(H,35,41)(H,33,36,42)/t24?,27-/m0/s1. The minimum Gasteiger partial charge on any atom is -0.449 e. The van der Waals surface area contributed by atoms with Gasteiger partial charge in [0, 0.05) is 51.2 Å². The zero-order chi connectivity index (χ0) is 30.8. The van der Waals surface area contributed by atoms with Gasteiger partial charge in [-0.25, -0.2) is 19.0 Å². The van der Waals surface area contributed by atoms with E-state index in [1.807, 2.05) is 29.2 Å². The number of rotatable bonds is 12. The number of Topliss-reactive ketones (excluding diaryl/α,β-unsaturated/α-hetero) is 1. The number of nitrogens with zero attached hydrogens (tertiary/aromatic N) is 3. The second-order valence-electron chi connectivity index (χ2n) is 10.2. The molecule has 1 saturated heterocycles. The number of hydrogen-bond acceptors (Lipinski definition) is 8. The van der Waals surface area contributed by atoms with Crippen molar-refractivity contribution in [2.75, 3.05) is 45.2 Å². The normalized spacial score (nSPS) is 16.9. The quantitative estimate of drug-likeness (QED) is 0.227. The van der Waals surface area contributed by atoms with Gasteiger partial charge in [0.1, 0.15) is 11.6 Å². The summed E-state index contributed by atoms with van der Waals surface area (Å²) in [4.78, 5) is 45.5. The van der Waals surface area contributed by atoms with Gasteiger partial charge in [-0.1, -0.05) is 48.0 Å². The van der Waals surface area contributed by atoms with Crippen LogP contribution in [0.25, 0.3) is 10.8 Å². The molecule has 1 aliphatic heterocycles. The number of hydrogen-bond donors (Lipinski definition) is 4. The van der Waals surface area contributed by atoms with Crippen LogP contribution in [-0.4, -0.2) is 89.9 Å². The van der Waals surface area contributed by atoms with Crippen LogP contribution in [0.2, 0.25) is 5.02 Å². The van der Waals surface area contributed by atoms with E-state index < -0.39 is 30.1 Å². The number of β-amino-alcohol motifs (C(OH)–C–C–N with tert-alkyl or cyclic N) is 1. The number of aliphatic hydroxyl groups excluding tert-OH is 1. The van der Waals surface area contributed by atoms with Gasteiger partial charge < -0.3 is 20.1 Å². The fourth-order valence-corrected chi connectivity index (χ4v) is 5.08. The lowest BCUT2D eigenvalue weighted by atomic mass is 10.0. The van der Waals surface area contributed by atoms with Gasteiger partial charge >= 0.3 is 12.1 Å². The number of likely N-dealkylation sites (N-methyl/N-ethyl adjacent to an activating group) is 1. The largest absolute Gasteiger partial charge is 0.449 e. The molecular formula is C30H36ClFN6O5. The smallest absolute Gasteiger partial charge is 0.412 e. The highest BCUT2D eigenvalue weighted by atomic mass is 35.5. The summed E-state index contributed by atoms with van der Waals surface area (Å²) < 4.78 is 18.9. The van der Waals surface area contributed by atoms with Gasteiger partial charge in [0.25, 0.3) is 0 Å². The second kappa shape index (κ2) is 15.6. The van der Waals surface area contributed by atoms with E-state index in [2.05, 4.69) is 20.9 Å². The first-order valence-electron chi connectivity index (χ1n) is 14.1. The number of urea groups is 1. The van der Waals surface area contributed by atoms with Gasteiger partial charge in [-0.3, -0.25) is 20.3 Å². The molecule has 11 nitrogen and oxygen atoms in total. The summed E-state index contributed by atoms with van der Waals surface area (Å²) in [5.74, 6) is -0.166. The monoisotopic (exact) mass is 614 g/mol. The van der Waals surface area contributed by atoms with Crippen LogP contribution < -0.4 is 16.0 Å². The number of nitrogens with one attached hydrogen (secondary N) is 3. The van der Waals surface area contributed by atoms with E-state index in [0.717, 1.165) is 10.8 Å². The Kier molecular flexibility index (Phi) is 11.6. The van der Waals surface area contributed by atoms with E-state index in [1.54, 1.807) is 25.4 Å². The molecule has 1 fully saturated rings. The van der Waals surface area contributed by atoms with Gasteiger partial charge in [0.2, 0.25) is 0 Å². The fourth-order valence-electron chi connectivity index (χ4n) is 4.89. The highest BCUT2D eigenvalue weighted by molar-refractivity contribution is 6.31. The molecule has 2 heterocycles. The summed E-state index contributed by atoms with van der Waals surface area (Å²) in [6, 6.07) is 13.0. The van der Waals surface area contributed by atoms with Crippen molar-refractivity contribution in [3.05, 3.63) is 71.1 Å². The maximum atomic E-state index is 13.7. The number of ether oxygens (including phenoxy) is 1. The van der Waals surface area contributed by atoms with Gasteiger partial charge in [0.15, 0.2) is 5.78 Å². The Bertz CT molecular complexity index is 1430. The number of benzene rings is 2. The predicted octanol–water partition coefficient (Wildman–Crippen LogP) is 3.75. The zero-order valence-electron chi connectivity index (χ0n) is 23.9. The highest BCUT2D eigenvalue weighted by Crippen LogP contribution is 2.20. The number of aliphatic hydroxyl groups is 1. The maximum absolute atomic E-state index is 13.7. The molecule has 0 saturated carbocycles. The number of pyridine rings is 1. The molecule has 43 heavy (non-hydrogen) atoms. The predicted molar refractivity (Wildman–Crippen MR) is 161 cm³/mol. The van der Waals surface area contributed by atoms with E-state index in [1.165, 1.54) is 17.0 Å². The van der Waals surface area contributed by atoms with Gasteiger partial charge in [0.05, 0.1) is 30.4 Å². The number of halogens is 2. The first-order chi connectivity index (χ1) is 20.8. The average Bonchev–Trinajstić information content (AvgIpc) is 3.01. The number of fused-ring (bicyclic) bond motifs is 1. The Morgan fingerprint density at radius 1 is 1.19 bits per heavy atom. The first kappa shape index (κ1) is 32.1. The van der Waals surface area contributed by atoms with Gasteiger partial charge in [-0.2, -0.15) is 0 Å². The summed E-state index contributed by atoms with van der Waals surface area (Å²) in [5.41, 5.74) is 0.459. The number of piperazine rings is 1. The van der Waals surface area contributed by atoms with Crippen molar-refractivity contribution in [3.8, 4) is 0 Å². The number of ketones is 1. The van der Waals surface area contributed by atoms with Crippen LogP contribution in [0.1, 0.15) is 24.8 Å². The minimum absolute atomic E-state index is 0.00272. The van der Waals surface area contributed by atoms with E-state index in [9.17, 15) is 23.9 Å². The Labute approximate surface area is 254 Å². The second-order valence-corrected chi connectivity index (χ2v) is 10.6. The van der Waals surface area contributed by atoms with Crippen molar-refractivity contribution in [3.63, 3.8) is 0 Å². The third-order valence-corrected chi connectivity index (χ3v) is 7.74. The van der Waals surface area contributed by atoms with Crippen LogP contribution >= 0.6 is 11.6 Å². The molecule has 2 atom stereocenters. The third kappa shape index (κ3) is 8.83. The van der Waals surface area contributed by atoms with E-state index in [0.29, 0.717) is 37.3 Å². The fraction of sp³-hybridized carbons (Fsp3) is 0.400. The summed E-state index contributed by atoms with van der Waals surface area (Å²) in [6.45, 7) is 0.967. The highest BCUT2D eigenvalue weighted by Gasteiger charge is 2.34. The molecule has 0 aliphatic carbocycles. The van der Waals surface area contributed by atoms with Crippen LogP contribution in [-0.2, 0) is 16.1 Å². The molecule has 0 radical (unpaired) electrons. The van der Waals surface area contributed by atoms with Crippen molar-refractivity contribution in [1.29, 1.82) is 0 Å². The number of amides is 3. The molecule has 3 aromatic rings. The van der Waals surface area contributed by atoms with E-state index in [-0.39, 0.29) is 43.5 Å². The lowest BCUT2D eigenvalue weighted by Gasteiger charge is -2.42. The van der Waals surface area contributed by atoms with Gasteiger partial charge in [-0.05, 0) is 35.9 Å². The molecule has 0 bridgehead atoms. The van der Waals surface area contributed by atoms with Crippen molar-refractivity contribution in [2.45, 2.75) is 38.0 Å². The number of anilines is 1. The molecule has 230 valence electrons. The summed E-state index contributed by atoms with van der Waals surface area (Å²) in [5, 5.41) is 20.1. The summed E-state index contributed by atoms with van der Waals surface area (Å²) in [6.07, 6.45) is 1.96. The lowest BCUT2D eigenvalue weighted by Crippen LogP contribution is -2.65. The molecule has 3 amide bonds.